The highest BCUT2D eigenvalue weighted by atomic mass is 16.5. The molecule has 0 bridgehead atoms. The molecule has 0 unspecified atom stereocenters. The molecule has 9 nitrogen and oxygen atoms in total. The van der Waals surface area contributed by atoms with Gasteiger partial charge in [0.25, 0.3) is 0 Å². The van der Waals surface area contributed by atoms with Gasteiger partial charge in [0.15, 0.2) is 5.82 Å². The molecule has 2 aromatic heterocycles. The second-order valence-corrected chi connectivity index (χ2v) is 6.95. The monoisotopic (exact) mass is 407 g/mol. The average molecular weight is 407 g/mol. The zero-order chi connectivity index (χ0) is 20.8. The van der Waals surface area contributed by atoms with E-state index in [-0.39, 0.29) is 6.03 Å². The van der Waals surface area contributed by atoms with E-state index in [4.69, 9.17) is 4.74 Å². The summed E-state index contributed by atoms with van der Waals surface area (Å²) in [5, 5.41) is 13.9. The molecule has 1 aliphatic heterocycles. The topological polar surface area (TPSA) is 97.2 Å². The van der Waals surface area contributed by atoms with Crippen LogP contribution in [-0.4, -0.2) is 52.1 Å². The van der Waals surface area contributed by atoms with Crippen LogP contribution in [-0.2, 0) is 17.8 Å². The SMILES string of the molecule is CCn1cnnc1-c1cccc(NC(=O)NCc2ccnc(N3CCOCC3)c2)c1. The van der Waals surface area contributed by atoms with Crippen molar-refractivity contribution in [2.75, 3.05) is 36.5 Å². The molecule has 0 saturated carbocycles. The van der Waals surface area contributed by atoms with Crippen LogP contribution in [0.4, 0.5) is 16.3 Å². The van der Waals surface area contributed by atoms with Gasteiger partial charge in [-0.2, -0.15) is 0 Å². The van der Waals surface area contributed by atoms with Crippen LogP contribution in [0.3, 0.4) is 0 Å². The van der Waals surface area contributed by atoms with Gasteiger partial charge >= 0.3 is 6.03 Å². The number of pyridine rings is 1. The van der Waals surface area contributed by atoms with Gasteiger partial charge in [0, 0.05) is 43.6 Å². The number of hydrogen-bond acceptors (Lipinski definition) is 6. The number of aromatic nitrogens is 4. The third-order valence-electron chi connectivity index (χ3n) is 4.93. The van der Waals surface area contributed by atoms with Crippen LogP contribution >= 0.6 is 0 Å². The van der Waals surface area contributed by atoms with Crippen molar-refractivity contribution in [3.63, 3.8) is 0 Å². The zero-order valence-electron chi connectivity index (χ0n) is 16.9. The normalized spacial score (nSPS) is 13.8. The molecule has 0 atom stereocenters. The zero-order valence-corrected chi connectivity index (χ0v) is 16.9. The van der Waals surface area contributed by atoms with Crippen LogP contribution in [0, 0.1) is 0 Å². The maximum absolute atomic E-state index is 12.4. The van der Waals surface area contributed by atoms with E-state index in [0.717, 1.165) is 42.4 Å². The number of anilines is 2. The first-order valence-electron chi connectivity index (χ1n) is 10.0. The van der Waals surface area contributed by atoms with Gasteiger partial charge in [-0.25, -0.2) is 9.78 Å². The summed E-state index contributed by atoms with van der Waals surface area (Å²) in [7, 11) is 0. The molecule has 1 aliphatic rings. The van der Waals surface area contributed by atoms with Gasteiger partial charge in [-0.3, -0.25) is 0 Å². The fourth-order valence-electron chi connectivity index (χ4n) is 3.34. The lowest BCUT2D eigenvalue weighted by molar-refractivity contribution is 0.122. The number of benzene rings is 1. The van der Waals surface area contributed by atoms with Gasteiger partial charge in [0.1, 0.15) is 12.1 Å². The standard InChI is InChI=1S/C21H25N7O2/c1-2-27-15-24-26-20(27)17-4-3-5-18(13-17)25-21(29)23-14-16-6-7-22-19(12-16)28-8-10-30-11-9-28/h3-7,12-13,15H,2,8-11,14H2,1H3,(H2,23,25,29). The van der Waals surface area contributed by atoms with Gasteiger partial charge in [0.2, 0.25) is 0 Å². The Bertz CT molecular complexity index is 998. The van der Waals surface area contributed by atoms with E-state index in [9.17, 15) is 4.79 Å². The van der Waals surface area contributed by atoms with Crippen molar-refractivity contribution >= 4 is 17.5 Å². The van der Waals surface area contributed by atoms with E-state index in [2.05, 4.69) is 30.7 Å². The number of rotatable bonds is 6. The molecule has 0 radical (unpaired) electrons. The molecule has 1 fully saturated rings. The van der Waals surface area contributed by atoms with Crippen molar-refractivity contribution < 1.29 is 9.53 Å². The minimum atomic E-state index is -0.270. The molecule has 3 heterocycles. The molecule has 3 aromatic rings. The van der Waals surface area contributed by atoms with Crippen LogP contribution < -0.4 is 15.5 Å². The molecule has 0 spiro atoms. The summed E-state index contributed by atoms with van der Waals surface area (Å²) in [6.45, 7) is 6.29. The maximum Gasteiger partial charge on any atom is 0.319 e. The molecule has 1 saturated heterocycles. The fourth-order valence-corrected chi connectivity index (χ4v) is 3.34. The quantitative estimate of drug-likeness (QED) is 0.652. The van der Waals surface area contributed by atoms with E-state index >= 15 is 0 Å². The first-order valence-corrected chi connectivity index (χ1v) is 10.0. The van der Waals surface area contributed by atoms with E-state index < -0.39 is 0 Å². The van der Waals surface area contributed by atoms with Gasteiger partial charge in [0.05, 0.1) is 13.2 Å². The predicted octanol–water partition coefficient (Wildman–Crippen LogP) is 2.52. The van der Waals surface area contributed by atoms with Crippen LogP contribution in [0.15, 0.2) is 48.9 Å². The summed E-state index contributed by atoms with van der Waals surface area (Å²) in [6.07, 6.45) is 3.47. The molecule has 1 aromatic carbocycles. The minimum Gasteiger partial charge on any atom is -0.378 e. The number of aryl methyl sites for hydroxylation is 1. The van der Waals surface area contributed by atoms with Gasteiger partial charge in [-0.05, 0) is 36.8 Å². The summed E-state index contributed by atoms with van der Waals surface area (Å²) in [5.74, 6) is 1.68. The molecule has 4 rings (SSSR count). The first-order chi connectivity index (χ1) is 14.7. The number of ether oxygens (including phenoxy) is 1. The summed E-state index contributed by atoms with van der Waals surface area (Å²) >= 11 is 0. The molecule has 2 N–H and O–H groups in total. The molecule has 2 amide bonds. The number of nitrogens with one attached hydrogen (secondary N) is 2. The number of urea groups is 1. The lowest BCUT2D eigenvalue weighted by Crippen LogP contribution is -2.36. The largest absolute Gasteiger partial charge is 0.378 e. The Labute approximate surface area is 175 Å². The summed E-state index contributed by atoms with van der Waals surface area (Å²) in [4.78, 5) is 19.0. The number of morpholine rings is 1. The highest BCUT2D eigenvalue weighted by Crippen LogP contribution is 2.21. The van der Waals surface area contributed by atoms with Crippen LogP contribution in [0.2, 0.25) is 0 Å². The third-order valence-corrected chi connectivity index (χ3v) is 4.93. The molecule has 156 valence electrons. The third kappa shape index (κ3) is 4.74. The number of nitrogens with zero attached hydrogens (tertiary/aromatic N) is 5. The highest BCUT2D eigenvalue weighted by molar-refractivity contribution is 5.89. The lowest BCUT2D eigenvalue weighted by atomic mass is 10.2. The molecule has 9 heteroatoms. The van der Waals surface area contributed by atoms with E-state index in [1.807, 2.05) is 47.9 Å². The van der Waals surface area contributed by atoms with E-state index in [0.29, 0.717) is 25.4 Å². The second kappa shape index (κ2) is 9.36. The van der Waals surface area contributed by atoms with E-state index in [1.54, 1.807) is 12.5 Å². The molecule has 30 heavy (non-hydrogen) atoms. The fraction of sp³-hybridized carbons (Fsp3) is 0.333. The Balaban J connectivity index is 1.36. The summed E-state index contributed by atoms with van der Waals surface area (Å²) in [6, 6.07) is 11.2. The van der Waals surface area contributed by atoms with Crippen LogP contribution in [0.1, 0.15) is 12.5 Å². The smallest absolute Gasteiger partial charge is 0.319 e. The summed E-state index contributed by atoms with van der Waals surface area (Å²) in [5.41, 5.74) is 2.59. The Kier molecular flexibility index (Phi) is 6.19. The Morgan fingerprint density at radius 2 is 2.07 bits per heavy atom. The lowest BCUT2D eigenvalue weighted by Gasteiger charge is -2.28. The molecular weight excluding hydrogens is 382 g/mol. The van der Waals surface area contributed by atoms with Gasteiger partial charge in [-0.1, -0.05) is 12.1 Å². The van der Waals surface area contributed by atoms with Crippen molar-refractivity contribution in [3.8, 4) is 11.4 Å². The Hall–Kier alpha value is -3.46. The van der Waals surface area contributed by atoms with E-state index in [1.165, 1.54) is 0 Å². The maximum atomic E-state index is 12.4. The molecule has 0 aliphatic carbocycles. The number of amides is 2. The van der Waals surface area contributed by atoms with Crippen molar-refractivity contribution in [2.45, 2.75) is 20.0 Å². The summed E-state index contributed by atoms with van der Waals surface area (Å²) < 4.78 is 7.34. The predicted molar refractivity (Wildman–Crippen MR) is 114 cm³/mol. The second-order valence-electron chi connectivity index (χ2n) is 6.95. The Morgan fingerprint density at radius 3 is 2.90 bits per heavy atom. The first kappa shape index (κ1) is 19.8. The minimum absolute atomic E-state index is 0.270. The van der Waals surface area contributed by atoms with Crippen LogP contribution in [0.5, 0.6) is 0 Å². The number of carbonyl (C=O) groups excluding carboxylic acids is 1. The van der Waals surface area contributed by atoms with Gasteiger partial charge < -0.3 is 24.8 Å². The van der Waals surface area contributed by atoms with Crippen molar-refractivity contribution in [3.05, 3.63) is 54.5 Å². The Morgan fingerprint density at radius 1 is 1.20 bits per heavy atom. The average Bonchev–Trinajstić information content (AvgIpc) is 3.28. The van der Waals surface area contributed by atoms with Gasteiger partial charge in [-0.15, -0.1) is 10.2 Å². The highest BCUT2D eigenvalue weighted by Gasteiger charge is 2.13. The van der Waals surface area contributed by atoms with Crippen LogP contribution in [0.25, 0.3) is 11.4 Å². The van der Waals surface area contributed by atoms with Crippen molar-refractivity contribution in [1.82, 2.24) is 25.1 Å². The molecular formula is C21H25N7O2. The van der Waals surface area contributed by atoms with Crippen molar-refractivity contribution in [1.29, 1.82) is 0 Å². The van der Waals surface area contributed by atoms with Crippen molar-refractivity contribution in [2.24, 2.45) is 0 Å². The number of hydrogen-bond donors (Lipinski definition) is 2. The number of carbonyl (C=O) groups is 1.